The van der Waals surface area contributed by atoms with E-state index < -0.39 is 6.23 Å². The Morgan fingerprint density at radius 3 is 2.45 bits per heavy atom. The summed E-state index contributed by atoms with van der Waals surface area (Å²) in [6.45, 7) is 3.28. The number of amides is 1. The first-order chi connectivity index (χ1) is 9.60. The van der Waals surface area contributed by atoms with Gasteiger partial charge in [-0.05, 0) is 36.2 Å². The first-order valence-electron chi connectivity index (χ1n) is 6.08. The summed E-state index contributed by atoms with van der Waals surface area (Å²) >= 11 is 0. The molecule has 2 N–H and O–H groups in total. The summed E-state index contributed by atoms with van der Waals surface area (Å²) in [6, 6.07) is 14.1. The summed E-state index contributed by atoms with van der Waals surface area (Å²) in [5.74, 6) is -0.388. The monoisotopic (exact) mass is 268 g/mol. The molecule has 0 bridgehead atoms. The van der Waals surface area contributed by atoms with Crippen molar-refractivity contribution >= 4 is 12.2 Å². The largest absolute Gasteiger partial charge is 0.374 e. The predicted octanol–water partition coefficient (Wildman–Crippen LogP) is 2.05. The second-order valence-corrected chi connectivity index (χ2v) is 4.31. The van der Waals surface area contributed by atoms with Crippen LogP contribution in [0.4, 0.5) is 0 Å². The molecule has 2 rings (SSSR count). The summed E-state index contributed by atoms with van der Waals surface area (Å²) in [5.41, 5.74) is 2.84. The average Bonchev–Trinajstić information content (AvgIpc) is 2.47. The quantitative estimate of drug-likeness (QED) is 0.658. The van der Waals surface area contributed by atoms with Gasteiger partial charge in [0.05, 0.1) is 0 Å². The fraction of sp³-hybridized carbons (Fsp3) is 0.0625. The number of nitrogens with one attached hydrogen (secondary N) is 1. The van der Waals surface area contributed by atoms with Gasteiger partial charge in [-0.3, -0.25) is 9.59 Å². The van der Waals surface area contributed by atoms with Gasteiger partial charge in [0.1, 0.15) is 12.5 Å². The van der Waals surface area contributed by atoms with E-state index in [0.717, 1.165) is 17.4 Å². The van der Waals surface area contributed by atoms with Crippen molar-refractivity contribution in [1.82, 2.24) is 5.32 Å². The van der Waals surface area contributed by atoms with Crippen LogP contribution < -0.4 is 5.32 Å². The number of carbonyl (C=O) groups excluding carboxylic acids is 2. The zero-order valence-electron chi connectivity index (χ0n) is 10.7. The van der Waals surface area contributed by atoms with E-state index in [0.29, 0.717) is 11.1 Å². The van der Waals surface area contributed by atoms with Crippen LogP contribution in [-0.4, -0.2) is 23.5 Å². The third-order valence-corrected chi connectivity index (χ3v) is 2.80. The Kier molecular flexibility index (Phi) is 4.27. The molecule has 0 aliphatic carbocycles. The number of aliphatic hydroxyl groups is 1. The van der Waals surface area contributed by atoms with Crippen molar-refractivity contribution in [2.75, 3.05) is 0 Å². The van der Waals surface area contributed by atoms with Crippen molar-refractivity contribution in [3.05, 3.63) is 66.6 Å². The Bertz CT molecular complexity index is 618. The predicted molar refractivity (Wildman–Crippen MR) is 76.1 cm³/mol. The second-order valence-electron chi connectivity index (χ2n) is 4.31. The number of aldehydes is 1. The zero-order chi connectivity index (χ0) is 14.5. The zero-order valence-corrected chi connectivity index (χ0v) is 10.7. The van der Waals surface area contributed by atoms with Gasteiger partial charge in [-0.2, -0.15) is 0 Å². The van der Waals surface area contributed by atoms with Crippen LogP contribution in [0.1, 0.15) is 20.7 Å². The van der Waals surface area contributed by atoms with E-state index in [4.69, 9.17) is 5.11 Å². The molecule has 0 aliphatic heterocycles. The second kappa shape index (κ2) is 6.12. The van der Waals surface area contributed by atoms with Crippen molar-refractivity contribution < 1.29 is 14.7 Å². The molecule has 0 fully saturated rings. The lowest BCUT2D eigenvalue weighted by Crippen LogP contribution is -2.32. The molecule has 4 heteroatoms. The Hall–Kier alpha value is -2.46. The fourth-order valence-corrected chi connectivity index (χ4v) is 1.84. The first-order valence-corrected chi connectivity index (χ1v) is 6.08. The van der Waals surface area contributed by atoms with E-state index in [1.54, 1.807) is 42.5 Å². The molecule has 1 amide bonds. The number of benzene rings is 2. The van der Waals surface area contributed by atoms with Crippen molar-refractivity contribution in [3.8, 4) is 11.1 Å². The van der Waals surface area contributed by atoms with Crippen LogP contribution in [0.25, 0.3) is 11.1 Å². The Balaban J connectivity index is 2.23. The van der Waals surface area contributed by atoms with E-state index in [9.17, 15) is 9.59 Å². The van der Waals surface area contributed by atoms with Crippen molar-refractivity contribution in [3.63, 3.8) is 0 Å². The summed E-state index contributed by atoms with van der Waals surface area (Å²) in [4.78, 5) is 22.4. The van der Waals surface area contributed by atoms with E-state index >= 15 is 0 Å². The van der Waals surface area contributed by atoms with Crippen LogP contribution in [0, 0.1) is 6.92 Å². The van der Waals surface area contributed by atoms with Crippen molar-refractivity contribution in [1.29, 1.82) is 0 Å². The van der Waals surface area contributed by atoms with Gasteiger partial charge in [0.25, 0.3) is 5.91 Å². The number of aliphatic hydroxyl groups excluding tert-OH is 1. The molecule has 0 aromatic heterocycles. The standard InChI is InChI=1S/C16H14NO3/c1-11(19)17-16(20)14-7-5-13(6-8-14)15-4-2-3-12(9-15)10-18/h2-11,19H,1H2,(H,17,20). The normalized spacial score (nSPS) is 11.7. The highest BCUT2D eigenvalue weighted by atomic mass is 16.3. The molecule has 0 saturated carbocycles. The minimum atomic E-state index is -1.13. The number of hydrogen-bond acceptors (Lipinski definition) is 3. The van der Waals surface area contributed by atoms with Crippen LogP contribution in [0.15, 0.2) is 48.5 Å². The summed E-state index contributed by atoms with van der Waals surface area (Å²) in [5, 5.41) is 11.3. The van der Waals surface area contributed by atoms with Gasteiger partial charge >= 0.3 is 0 Å². The van der Waals surface area contributed by atoms with Crippen LogP contribution >= 0.6 is 0 Å². The van der Waals surface area contributed by atoms with Gasteiger partial charge in [-0.1, -0.05) is 30.3 Å². The van der Waals surface area contributed by atoms with Crippen molar-refractivity contribution in [2.45, 2.75) is 6.23 Å². The van der Waals surface area contributed by atoms with Crippen LogP contribution in [0.5, 0.6) is 0 Å². The van der Waals surface area contributed by atoms with Crippen LogP contribution in [0.3, 0.4) is 0 Å². The van der Waals surface area contributed by atoms with E-state index in [1.165, 1.54) is 0 Å². The molecule has 1 radical (unpaired) electrons. The maximum atomic E-state index is 11.6. The third-order valence-electron chi connectivity index (χ3n) is 2.80. The molecule has 1 atom stereocenters. The molecular formula is C16H14NO3. The van der Waals surface area contributed by atoms with Gasteiger partial charge in [0.2, 0.25) is 0 Å². The Labute approximate surface area is 117 Å². The minimum Gasteiger partial charge on any atom is -0.374 e. The molecule has 0 aliphatic rings. The smallest absolute Gasteiger partial charge is 0.253 e. The van der Waals surface area contributed by atoms with Gasteiger partial charge in [-0.25, -0.2) is 0 Å². The van der Waals surface area contributed by atoms with Crippen LogP contribution in [-0.2, 0) is 0 Å². The lowest BCUT2D eigenvalue weighted by molar-refractivity contribution is 0.0851. The molecule has 0 saturated heterocycles. The molecule has 1 unspecified atom stereocenters. The minimum absolute atomic E-state index is 0.388. The molecule has 2 aromatic rings. The number of carbonyl (C=O) groups is 2. The summed E-state index contributed by atoms with van der Waals surface area (Å²) in [7, 11) is 0. The molecule has 0 spiro atoms. The fourth-order valence-electron chi connectivity index (χ4n) is 1.84. The van der Waals surface area contributed by atoms with Gasteiger partial charge in [0.15, 0.2) is 0 Å². The summed E-state index contributed by atoms with van der Waals surface area (Å²) < 4.78 is 0. The number of hydrogen-bond donors (Lipinski definition) is 2. The SMILES string of the molecule is [CH2]C(O)NC(=O)c1ccc(-c2cccc(C=O)c2)cc1. The maximum Gasteiger partial charge on any atom is 0.253 e. The maximum absolute atomic E-state index is 11.6. The molecule has 0 heterocycles. The van der Waals surface area contributed by atoms with Gasteiger partial charge in [-0.15, -0.1) is 0 Å². The highest BCUT2D eigenvalue weighted by molar-refractivity contribution is 5.94. The Morgan fingerprint density at radius 2 is 1.85 bits per heavy atom. The first kappa shape index (κ1) is 14.0. The molecule has 4 nitrogen and oxygen atoms in total. The molecular weight excluding hydrogens is 254 g/mol. The van der Waals surface area contributed by atoms with E-state index in [-0.39, 0.29) is 5.91 Å². The van der Waals surface area contributed by atoms with Gasteiger partial charge in [0, 0.05) is 11.1 Å². The molecule has 20 heavy (non-hydrogen) atoms. The highest BCUT2D eigenvalue weighted by Crippen LogP contribution is 2.20. The van der Waals surface area contributed by atoms with E-state index in [2.05, 4.69) is 12.2 Å². The average molecular weight is 268 g/mol. The number of rotatable bonds is 4. The lowest BCUT2D eigenvalue weighted by Gasteiger charge is -2.08. The van der Waals surface area contributed by atoms with Crippen LogP contribution in [0.2, 0.25) is 0 Å². The van der Waals surface area contributed by atoms with Crippen molar-refractivity contribution in [2.24, 2.45) is 0 Å². The lowest BCUT2D eigenvalue weighted by atomic mass is 10.0. The summed E-state index contributed by atoms with van der Waals surface area (Å²) in [6.07, 6.45) is -0.340. The molecule has 101 valence electrons. The van der Waals surface area contributed by atoms with Gasteiger partial charge < -0.3 is 10.4 Å². The molecule has 2 aromatic carbocycles. The third kappa shape index (κ3) is 3.30. The Morgan fingerprint density at radius 1 is 1.15 bits per heavy atom. The highest BCUT2D eigenvalue weighted by Gasteiger charge is 2.07. The topological polar surface area (TPSA) is 66.4 Å². The van der Waals surface area contributed by atoms with E-state index in [1.807, 2.05) is 6.07 Å².